The molecule has 0 unspecified atom stereocenters. The van der Waals surface area contributed by atoms with Crippen LogP contribution in [0.25, 0.3) is 10.9 Å². The fraction of sp³-hybridized carbons (Fsp3) is 0.412. The molecule has 0 bridgehead atoms. The van der Waals surface area contributed by atoms with Crippen LogP contribution in [0, 0.1) is 0 Å². The molecule has 5 heteroatoms. The number of nitrogens with one attached hydrogen (secondary N) is 1. The molecule has 0 atom stereocenters. The Morgan fingerprint density at radius 1 is 1.32 bits per heavy atom. The number of para-hydroxylation sites is 1. The second-order valence-electron chi connectivity index (χ2n) is 5.78. The van der Waals surface area contributed by atoms with Crippen molar-refractivity contribution in [2.24, 2.45) is 0 Å². The zero-order valence-corrected chi connectivity index (χ0v) is 13.0. The molecule has 1 amide bonds. The van der Waals surface area contributed by atoms with Gasteiger partial charge in [0.2, 0.25) is 0 Å². The quantitative estimate of drug-likeness (QED) is 0.942. The molecule has 5 nitrogen and oxygen atoms in total. The molecule has 0 aliphatic carbocycles. The summed E-state index contributed by atoms with van der Waals surface area (Å²) >= 11 is 0. The molecule has 1 aromatic heterocycles. The number of ether oxygens (including phenoxy) is 1. The number of rotatable bonds is 3. The van der Waals surface area contributed by atoms with Crippen molar-refractivity contribution in [2.45, 2.75) is 18.9 Å². The first-order valence-corrected chi connectivity index (χ1v) is 7.60. The number of hydrogen-bond acceptors (Lipinski definition) is 4. The predicted molar refractivity (Wildman–Crippen MR) is 86.3 cm³/mol. The van der Waals surface area contributed by atoms with E-state index in [1.807, 2.05) is 24.3 Å². The van der Waals surface area contributed by atoms with E-state index in [2.05, 4.69) is 22.2 Å². The topological polar surface area (TPSA) is 54.5 Å². The van der Waals surface area contributed by atoms with E-state index in [4.69, 9.17) is 4.74 Å². The largest absolute Gasteiger partial charge is 0.496 e. The van der Waals surface area contributed by atoms with E-state index in [1.54, 1.807) is 13.2 Å². The van der Waals surface area contributed by atoms with Crippen molar-refractivity contribution in [1.82, 2.24) is 15.2 Å². The van der Waals surface area contributed by atoms with Gasteiger partial charge < -0.3 is 15.0 Å². The Bertz CT molecular complexity index is 679. The number of fused-ring (bicyclic) bond motifs is 1. The van der Waals surface area contributed by atoms with Gasteiger partial charge in [0.1, 0.15) is 11.4 Å². The van der Waals surface area contributed by atoms with Crippen molar-refractivity contribution >= 4 is 16.8 Å². The standard InChI is InChI=1S/C17H21N3O2/c1-20-9-7-12(8-10-20)18-17(21)15-11-16(22-2)13-5-3-4-6-14(13)19-15/h3-6,11-12H,7-10H2,1-2H3,(H,18,21). The van der Waals surface area contributed by atoms with Crippen molar-refractivity contribution in [3.8, 4) is 5.75 Å². The maximum atomic E-state index is 12.5. The second-order valence-corrected chi connectivity index (χ2v) is 5.78. The highest BCUT2D eigenvalue weighted by Crippen LogP contribution is 2.25. The minimum Gasteiger partial charge on any atom is -0.496 e. The molecule has 2 heterocycles. The number of amides is 1. The average Bonchev–Trinajstić information content (AvgIpc) is 2.55. The van der Waals surface area contributed by atoms with E-state index in [-0.39, 0.29) is 11.9 Å². The summed E-state index contributed by atoms with van der Waals surface area (Å²) in [6, 6.07) is 9.62. The Kier molecular flexibility index (Phi) is 4.24. The van der Waals surface area contributed by atoms with Crippen molar-refractivity contribution in [1.29, 1.82) is 0 Å². The average molecular weight is 299 g/mol. The molecule has 1 N–H and O–H groups in total. The maximum Gasteiger partial charge on any atom is 0.270 e. The van der Waals surface area contributed by atoms with E-state index in [0.29, 0.717) is 11.4 Å². The van der Waals surface area contributed by atoms with E-state index in [9.17, 15) is 4.79 Å². The van der Waals surface area contributed by atoms with Gasteiger partial charge in [-0.1, -0.05) is 12.1 Å². The molecule has 0 saturated carbocycles. The lowest BCUT2D eigenvalue weighted by Gasteiger charge is -2.29. The third kappa shape index (κ3) is 3.04. The van der Waals surface area contributed by atoms with Gasteiger partial charge in [-0.05, 0) is 45.1 Å². The minimum atomic E-state index is -0.126. The minimum absolute atomic E-state index is 0.126. The van der Waals surface area contributed by atoms with Crippen LogP contribution in [0.4, 0.5) is 0 Å². The maximum absolute atomic E-state index is 12.5. The zero-order valence-electron chi connectivity index (χ0n) is 13.0. The van der Waals surface area contributed by atoms with Crippen LogP contribution in [0.1, 0.15) is 23.3 Å². The second kappa shape index (κ2) is 6.32. The van der Waals surface area contributed by atoms with Crippen LogP contribution in [0.5, 0.6) is 5.75 Å². The van der Waals surface area contributed by atoms with Gasteiger partial charge in [0.05, 0.1) is 12.6 Å². The SMILES string of the molecule is COc1cc(C(=O)NC2CCN(C)CC2)nc2ccccc12. The molecule has 22 heavy (non-hydrogen) atoms. The summed E-state index contributed by atoms with van der Waals surface area (Å²) in [5.74, 6) is 0.553. The first kappa shape index (κ1) is 14.8. The smallest absolute Gasteiger partial charge is 0.270 e. The molecule has 0 spiro atoms. The number of piperidine rings is 1. The van der Waals surface area contributed by atoms with Crippen molar-refractivity contribution in [3.05, 3.63) is 36.0 Å². The molecule has 2 aromatic rings. The molecule has 0 radical (unpaired) electrons. The number of aromatic nitrogens is 1. The van der Waals surface area contributed by atoms with Crippen LogP contribution < -0.4 is 10.1 Å². The van der Waals surface area contributed by atoms with E-state index < -0.39 is 0 Å². The van der Waals surface area contributed by atoms with Crippen LogP contribution in [0.3, 0.4) is 0 Å². The van der Waals surface area contributed by atoms with Crippen molar-refractivity contribution in [3.63, 3.8) is 0 Å². The van der Waals surface area contributed by atoms with E-state index in [1.165, 1.54) is 0 Å². The van der Waals surface area contributed by atoms with Crippen LogP contribution in [0.15, 0.2) is 30.3 Å². The number of methoxy groups -OCH3 is 1. The Morgan fingerprint density at radius 2 is 2.05 bits per heavy atom. The summed E-state index contributed by atoms with van der Waals surface area (Å²) in [7, 11) is 3.72. The van der Waals surface area contributed by atoms with Gasteiger partial charge in [0.15, 0.2) is 0 Å². The summed E-state index contributed by atoms with van der Waals surface area (Å²) in [6.07, 6.45) is 1.96. The summed E-state index contributed by atoms with van der Waals surface area (Å²) in [6.45, 7) is 2.03. The van der Waals surface area contributed by atoms with Crippen LogP contribution in [-0.2, 0) is 0 Å². The highest BCUT2D eigenvalue weighted by atomic mass is 16.5. The van der Waals surface area contributed by atoms with Crippen LogP contribution in [-0.4, -0.2) is 49.1 Å². The number of pyridine rings is 1. The number of benzene rings is 1. The van der Waals surface area contributed by atoms with E-state index in [0.717, 1.165) is 36.8 Å². The Balaban J connectivity index is 1.81. The number of carbonyl (C=O) groups excluding carboxylic acids is 1. The molecule has 1 aliphatic heterocycles. The fourth-order valence-corrected chi connectivity index (χ4v) is 2.84. The lowest BCUT2D eigenvalue weighted by atomic mass is 10.1. The normalized spacial score (nSPS) is 16.6. The third-order valence-electron chi connectivity index (χ3n) is 4.18. The molecule has 3 rings (SSSR count). The lowest BCUT2D eigenvalue weighted by Crippen LogP contribution is -2.43. The molecule has 1 aliphatic rings. The summed E-state index contributed by atoms with van der Waals surface area (Å²) in [4.78, 5) is 19.2. The van der Waals surface area contributed by atoms with Gasteiger partial charge in [-0.15, -0.1) is 0 Å². The lowest BCUT2D eigenvalue weighted by molar-refractivity contribution is 0.0912. The van der Waals surface area contributed by atoms with Crippen molar-refractivity contribution in [2.75, 3.05) is 27.2 Å². The zero-order chi connectivity index (χ0) is 15.5. The van der Waals surface area contributed by atoms with Gasteiger partial charge in [-0.3, -0.25) is 4.79 Å². The Hall–Kier alpha value is -2.14. The predicted octanol–water partition coefficient (Wildman–Crippen LogP) is 2.07. The monoisotopic (exact) mass is 299 g/mol. The van der Waals surface area contributed by atoms with Gasteiger partial charge in [-0.25, -0.2) is 4.98 Å². The molecule has 116 valence electrons. The first-order valence-electron chi connectivity index (χ1n) is 7.60. The summed E-state index contributed by atoms with van der Waals surface area (Å²) in [5.41, 5.74) is 1.19. The van der Waals surface area contributed by atoms with Crippen molar-refractivity contribution < 1.29 is 9.53 Å². The Morgan fingerprint density at radius 3 is 2.77 bits per heavy atom. The van der Waals surface area contributed by atoms with Gasteiger partial charge >= 0.3 is 0 Å². The molecule has 1 aromatic carbocycles. The van der Waals surface area contributed by atoms with Crippen LogP contribution in [0.2, 0.25) is 0 Å². The molecular weight excluding hydrogens is 278 g/mol. The summed E-state index contributed by atoms with van der Waals surface area (Å²) < 4.78 is 5.40. The highest BCUT2D eigenvalue weighted by molar-refractivity contribution is 5.97. The highest BCUT2D eigenvalue weighted by Gasteiger charge is 2.20. The summed E-state index contributed by atoms with van der Waals surface area (Å²) in [5, 5.41) is 4.01. The number of likely N-dealkylation sites (tertiary alicyclic amines) is 1. The van der Waals surface area contributed by atoms with Gasteiger partial charge in [0, 0.05) is 17.5 Å². The number of carbonyl (C=O) groups is 1. The number of nitrogens with zero attached hydrogens (tertiary/aromatic N) is 2. The fourth-order valence-electron chi connectivity index (χ4n) is 2.84. The first-order chi connectivity index (χ1) is 10.7. The molecular formula is C17H21N3O2. The van der Waals surface area contributed by atoms with Gasteiger partial charge in [0.25, 0.3) is 5.91 Å². The number of hydrogen-bond donors (Lipinski definition) is 1. The van der Waals surface area contributed by atoms with Crippen LogP contribution >= 0.6 is 0 Å². The molecule has 1 fully saturated rings. The van der Waals surface area contributed by atoms with Gasteiger partial charge in [-0.2, -0.15) is 0 Å². The third-order valence-corrected chi connectivity index (χ3v) is 4.18. The molecule has 1 saturated heterocycles. The Labute approximate surface area is 130 Å². The van der Waals surface area contributed by atoms with E-state index >= 15 is 0 Å².